The highest BCUT2D eigenvalue weighted by Gasteiger charge is 2.24. The lowest BCUT2D eigenvalue weighted by Gasteiger charge is -2.12. The van der Waals surface area contributed by atoms with Crippen molar-refractivity contribution in [3.05, 3.63) is 60.0 Å². The highest BCUT2D eigenvalue weighted by Crippen LogP contribution is 2.27. The molecule has 4 rings (SSSR count). The molecule has 120 valence electrons. The van der Waals surface area contributed by atoms with Gasteiger partial charge in [0.15, 0.2) is 0 Å². The molecule has 0 unspecified atom stereocenters. The van der Waals surface area contributed by atoms with Crippen LogP contribution >= 0.6 is 0 Å². The predicted octanol–water partition coefficient (Wildman–Crippen LogP) is 3.57. The molecular formula is C19H18N4O. The Morgan fingerprint density at radius 2 is 1.96 bits per heavy atom. The Kier molecular flexibility index (Phi) is 3.61. The second-order valence-electron chi connectivity index (χ2n) is 6.14. The molecule has 5 nitrogen and oxygen atoms in total. The number of aromatic nitrogens is 2. The van der Waals surface area contributed by atoms with Gasteiger partial charge in [0.05, 0.1) is 17.4 Å². The molecule has 1 fully saturated rings. The largest absolute Gasteiger partial charge is 0.355 e. The number of fused-ring (bicyclic) bond motifs is 1. The van der Waals surface area contributed by atoms with Gasteiger partial charge in [-0.2, -0.15) is 0 Å². The first kappa shape index (κ1) is 14.6. The summed E-state index contributed by atoms with van der Waals surface area (Å²) in [6.45, 7) is 1.94. The van der Waals surface area contributed by atoms with Gasteiger partial charge in [0.1, 0.15) is 5.69 Å². The number of aryl methyl sites for hydroxylation is 1. The number of para-hydroxylation sites is 1. The van der Waals surface area contributed by atoms with Crippen LogP contribution in [0.25, 0.3) is 10.9 Å². The van der Waals surface area contributed by atoms with Gasteiger partial charge in [0, 0.05) is 22.8 Å². The molecule has 0 saturated heterocycles. The number of anilines is 2. The van der Waals surface area contributed by atoms with E-state index in [0.29, 0.717) is 17.3 Å². The summed E-state index contributed by atoms with van der Waals surface area (Å²) < 4.78 is 0. The fourth-order valence-electron chi connectivity index (χ4n) is 2.62. The summed E-state index contributed by atoms with van der Waals surface area (Å²) in [7, 11) is 0. The maximum Gasteiger partial charge on any atom is 0.270 e. The number of carbonyl (C=O) groups is 1. The van der Waals surface area contributed by atoms with Crippen LogP contribution in [0.2, 0.25) is 0 Å². The average molecular weight is 318 g/mol. The minimum atomic E-state index is -0.129. The fourth-order valence-corrected chi connectivity index (χ4v) is 2.62. The van der Waals surface area contributed by atoms with Crippen LogP contribution in [0.15, 0.2) is 48.7 Å². The SMILES string of the molecule is Cc1cc2c(Nc3ccccc3)cc(C(=O)NC3CC3)nc2cn1. The van der Waals surface area contributed by atoms with Crippen LogP contribution in [-0.4, -0.2) is 21.9 Å². The Hall–Kier alpha value is -2.95. The molecule has 1 aliphatic rings. The standard InChI is InChI=1S/C19H18N4O/c1-12-9-15-16(21-13-5-3-2-4-6-13)10-17(23-18(15)11-20-12)19(24)22-14-7-8-14/h2-6,9-11,14H,7-8H2,1H3,(H,21,23)(H,22,24). The van der Waals surface area contributed by atoms with Crippen LogP contribution in [0.4, 0.5) is 11.4 Å². The van der Waals surface area contributed by atoms with Crippen molar-refractivity contribution in [2.75, 3.05) is 5.32 Å². The number of pyridine rings is 2. The third kappa shape index (κ3) is 3.06. The molecule has 1 aliphatic carbocycles. The van der Waals surface area contributed by atoms with E-state index in [9.17, 15) is 4.79 Å². The number of nitrogens with one attached hydrogen (secondary N) is 2. The van der Waals surface area contributed by atoms with E-state index in [1.165, 1.54) is 0 Å². The van der Waals surface area contributed by atoms with Crippen LogP contribution in [0.5, 0.6) is 0 Å². The molecule has 0 aliphatic heterocycles. The summed E-state index contributed by atoms with van der Waals surface area (Å²) in [5, 5.41) is 7.33. The highest BCUT2D eigenvalue weighted by molar-refractivity contribution is 6.00. The van der Waals surface area contributed by atoms with Gasteiger partial charge in [-0.25, -0.2) is 4.98 Å². The first-order chi connectivity index (χ1) is 11.7. The normalized spacial score (nSPS) is 13.7. The molecule has 1 saturated carbocycles. The fraction of sp³-hybridized carbons (Fsp3) is 0.211. The van der Waals surface area contributed by atoms with Gasteiger partial charge in [-0.15, -0.1) is 0 Å². The van der Waals surface area contributed by atoms with Crippen molar-refractivity contribution in [2.45, 2.75) is 25.8 Å². The van der Waals surface area contributed by atoms with Crippen LogP contribution in [0.1, 0.15) is 29.0 Å². The Balaban J connectivity index is 1.78. The number of hydrogen-bond acceptors (Lipinski definition) is 4. The van der Waals surface area contributed by atoms with E-state index in [4.69, 9.17) is 0 Å². The summed E-state index contributed by atoms with van der Waals surface area (Å²) in [5.74, 6) is -0.129. The van der Waals surface area contributed by atoms with Crippen molar-refractivity contribution in [2.24, 2.45) is 0 Å². The van der Waals surface area contributed by atoms with Crippen LogP contribution in [0, 0.1) is 6.92 Å². The predicted molar refractivity (Wildman–Crippen MR) is 94.5 cm³/mol. The third-order valence-corrected chi connectivity index (χ3v) is 4.03. The third-order valence-electron chi connectivity index (χ3n) is 4.03. The van der Waals surface area contributed by atoms with Gasteiger partial charge >= 0.3 is 0 Å². The van der Waals surface area contributed by atoms with Crippen molar-refractivity contribution in [3.63, 3.8) is 0 Å². The van der Waals surface area contributed by atoms with E-state index in [0.717, 1.165) is 35.3 Å². The van der Waals surface area contributed by atoms with E-state index in [1.807, 2.05) is 49.4 Å². The summed E-state index contributed by atoms with van der Waals surface area (Å²) in [4.78, 5) is 21.2. The monoisotopic (exact) mass is 318 g/mol. The topological polar surface area (TPSA) is 66.9 Å². The van der Waals surface area contributed by atoms with E-state index in [-0.39, 0.29) is 5.91 Å². The van der Waals surface area contributed by atoms with Crippen molar-refractivity contribution in [1.29, 1.82) is 0 Å². The summed E-state index contributed by atoms with van der Waals surface area (Å²) in [6, 6.07) is 14.0. The van der Waals surface area contributed by atoms with Crippen molar-refractivity contribution < 1.29 is 4.79 Å². The lowest BCUT2D eigenvalue weighted by Crippen LogP contribution is -2.26. The summed E-state index contributed by atoms with van der Waals surface area (Å²) >= 11 is 0. The van der Waals surface area contributed by atoms with E-state index in [2.05, 4.69) is 20.6 Å². The molecule has 1 amide bonds. The van der Waals surface area contributed by atoms with Crippen LogP contribution < -0.4 is 10.6 Å². The molecule has 3 aromatic rings. The van der Waals surface area contributed by atoms with Crippen LogP contribution in [0.3, 0.4) is 0 Å². The van der Waals surface area contributed by atoms with E-state index in [1.54, 1.807) is 6.20 Å². The second-order valence-corrected chi connectivity index (χ2v) is 6.14. The number of nitrogens with zero attached hydrogens (tertiary/aromatic N) is 2. The quantitative estimate of drug-likeness (QED) is 0.771. The maximum absolute atomic E-state index is 12.4. The van der Waals surface area contributed by atoms with Gasteiger partial charge in [-0.05, 0) is 44.0 Å². The summed E-state index contributed by atoms with van der Waals surface area (Å²) in [5.41, 5.74) is 3.86. The van der Waals surface area contributed by atoms with Crippen LogP contribution in [-0.2, 0) is 0 Å². The number of carbonyl (C=O) groups excluding carboxylic acids is 1. The number of hydrogen-bond donors (Lipinski definition) is 2. The molecule has 2 N–H and O–H groups in total. The molecular weight excluding hydrogens is 300 g/mol. The first-order valence-corrected chi connectivity index (χ1v) is 8.09. The van der Waals surface area contributed by atoms with Gasteiger partial charge in [0.25, 0.3) is 5.91 Å². The molecule has 0 bridgehead atoms. The minimum Gasteiger partial charge on any atom is -0.355 e. The second kappa shape index (κ2) is 5.92. The van der Waals surface area contributed by atoms with Crippen molar-refractivity contribution >= 4 is 28.2 Å². The smallest absolute Gasteiger partial charge is 0.270 e. The zero-order valence-electron chi connectivity index (χ0n) is 13.4. The van der Waals surface area contributed by atoms with Gasteiger partial charge in [0.2, 0.25) is 0 Å². The average Bonchev–Trinajstić information content (AvgIpc) is 3.40. The Morgan fingerprint density at radius 3 is 2.71 bits per heavy atom. The minimum absolute atomic E-state index is 0.129. The van der Waals surface area contributed by atoms with Crippen molar-refractivity contribution in [3.8, 4) is 0 Å². The van der Waals surface area contributed by atoms with Gasteiger partial charge < -0.3 is 10.6 Å². The molecule has 5 heteroatoms. The molecule has 2 aromatic heterocycles. The van der Waals surface area contributed by atoms with Crippen molar-refractivity contribution in [1.82, 2.24) is 15.3 Å². The highest BCUT2D eigenvalue weighted by atomic mass is 16.2. The zero-order chi connectivity index (χ0) is 16.5. The zero-order valence-corrected chi connectivity index (χ0v) is 13.4. The summed E-state index contributed by atoms with van der Waals surface area (Å²) in [6.07, 6.45) is 3.82. The first-order valence-electron chi connectivity index (χ1n) is 8.09. The number of benzene rings is 1. The maximum atomic E-state index is 12.4. The Labute approximate surface area is 140 Å². The van der Waals surface area contributed by atoms with E-state index >= 15 is 0 Å². The molecule has 0 spiro atoms. The molecule has 0 radical (unpaired) electrons. The number of rotatable bonds is 4. The molecule has 0 atom stereocenters. The van der Waals surface area contributed by atoms with Gasteiger partial charge in [-0.1, -0.05) is 18.2 Å². The molecule has 24 heavy (non-hydrogen) atoms. The Bertz CT molecular complexity index is 904. The number of amides is 1. The lowest BCUT2D eigenvalue weighted by atomic mass is 10.1. The lowest BCUT2D eigenvalue weighted by molar-refractivity contribution is 0.0946. The molecule has 2 heterocycles. The molecule has 1 aromatic carbocycles. The Morgan fingerprint density at radius 1 is 1.17 bits per heavy atom. The van der Waals surface area contributed by atoms with Gasteiger partial charge in [-0.3, -0.25) is 9.78 Å². The van der Waals surface area contributed by atoms with E-state index < -0.39 is 0 Å².